The normalized spacial score (nSPS) is 36.3. The summed E-state index contributed by atoms with van der Waals surface area (Å²) in [5.41, 5.74) is 0.798. The predicted octanol–water partition coefficient (Wildman–Crippen LogP) is 3.36. The maximum Gasteiger partial charge on any atom is 0.222 e. The molecule has 0 unspecified atom stereocenters. The summed E-state index contributed by atoms with van der Waals surface area (Å²) in [7, 11) is 1.91. The molecule has 6 nitrogen and oxygen atoms in total. The summed E-state index contributed by atoms with van der Waals surface area (Å²) < 4.78 is 6.59. The number of aliphatic hydroxyl groups is 1. The number of ether oxygens (including phenoxy) is 1. The molecule has 6 heteroatoms. The van der Waals surface area contributed by atoms with Gasteiger partial charge < -0.3 is 19.8 Å². The molecule has 0 aromatic heterocycles. The van der Waals surface area contributed by atoms with Crippen molar-refractivity contribution in [2.24, 2.45) is 5.92 Å². The van der Waals surface area contributed by atoms with Crippen LogP contribution in [0.25, 0.3) is 0 Å². The van der Waals surface area contributed by atoms with Crippen molar-refractivity contribution in [3.63, 3.8) is 0 Å². The minimum absolute atomic E-state index is 0.0763. The Balaban J connectivity index is 1.39. The zero-order valence-corrected chi connectivity index (χ0v) is 20.1. The highest BCUT2D eigenvalue weighted by Crippen LogP contribution is 2.66. The van der Waals surface area contributed by atoms with Gasteiger partial charge in [-0.15, -0.1) is 0 Å². The van der Waals surface area contributed by atoms with Crippen LogP contribution in [0.5, 0.6) is 11.5 Å². The van der Waals surface area contributed by atoms with Crippen molar-refractivity contribution in [3.8, 4) is 11.5 Å². The zero-order chi connectivity index (χ0) is 23.0. The van der Waals surface area contributed by atoms with Crippen molar-refractivity contribution < 1.29 is 19.7 Å². The number of phenolic OH excluding ortho intramolecular Hbond substituents is 1. The molecule has 1 aromatic carbocycles. The van der Waals surface area contributed by atoms with Gasteiger partial charge in [-0.05, 0) is 69.0 Å². The van der Waals surface area contributed by atoms with Crippen LogP contribution in [0.3, 0.4) is 0 Å². The molecule has 1 saturated heterocycles. The first-order valence-corrected chi connectivity index (χ1v) is 13.1. The fraction of sp³-hybridized carbons (Fsp3) is 0.741. The summed E-state index contributed by atoms with van der Waals surface area (Å²) in [6.07, 6.45) is 8.96. The fourth-order valence-corrected chi connectivity index (χ4v) is 7.74. The Labute approximate surface area is 196 Å². The van der Waals surface area contributed by atoms with Crippen molar-refractivity contribution in [1.82, 2.24) is 9.80 Å². The third-order valence-electron chi connectivity index (χ3n) is 9.62. The standard InChI is InChI=1S/C27H38N2O4/c1-3-4-5-6-22(31)28(2)19-11-12-27(32)21-15-18-9-10-20(30)24-23(18)26(27,25(19)33-24)13-14-29(21)16-17-7-8-17/h9-10,17,19,21,25,30,32H,3-8,11-16H2,1-2H3/t19-,21-,25-,26-,27+/m0/s1. The van der Waals surface area contributed by atoms with Crippen LogP contribution in [-0.4, -0.2) is 69.8 Å². The molecule has 5 atom stereocenters. The highest BCUT2D eigenvalue weighted by Gasteiger charge is 2.73. The average Bonchev–Trinajstić information content (AvgIpc) is 3.54. The summed E-state index contributed by atoms with van der Waals surface area (Å²) in [4.78, 5) is 17.5. The third kappa shape index (κ3) is 2.95. The van der Waals surface area contributed by atoms with E-state index >= 15 is 0 Å². The maximum atomic E-state index is 13.1. The number of benzene rings is 1. The van der Waals surface area contributed by atoms with Crippen LogP contribution in [0.2, 0.25) is 0 Å². The van der Waals surface area contributed by atoms with Gasteiger partial charge in [-0.1, -0.05) is 25.8 Å². The smallest absolute Gasteiger partial charge is 0.222 e. The first-order valence-electron chi connectivity index (χ1n) is 13.1. The molecule has 1 aromatic rings. The van der Waals surface area contributed by atoms with Gasteiger partial charge in [0.2, 0.25) is 5.91 Å². The number of carbonyl (C=O) groups excluding carboxylic acids is 1. The van der Waals surface area contributed by atoms with E-state index in [9.17, 15) is 15.0 Å². The highest BCUT2D eigenvalue weighted by atomic mass is 16.5. The summed E-state index contributed by atoms with van der Waals surface area (Å²) in [5.74, 6) is 1.66. The summed E-state index contributed by atoms with van der Waals surface area (Å²) in [5, 5.41) is 23.3. The lowest BCUT2D eigenvalue weighted by molar-refractivity contribution is -0.200. The second-order valence-electron chi connectivity index (χ2n) is 11.4. The van der Waals surface area contributed by atoms with E-state index in [4.69, 9.17) is 4.74 Å². The molecule has 33 heavy (non-hydrogen) atoms. The van der Waals surface area contributed by atoms with E-state index in [1.165, 1.54) is 18.4 Å². The van der Waals surface area contributed by atoms with Crippen molar-refractivity contribution in [3.05, 3.63) is 23.3 Å². The van der Waals surface area contributed by atoms with E-state index in [0.29, 0.717) is 18.6 Å². The topological polar surface area (TPSA) is 73.2 Å². The number of likely N-dealkylation sites (N-methyl/N-ethyl adjacent to an activating group) is 1. The lowest BCUT2D eigenvalue weighted by atomic mass is 9.48. The van der Waals surface area contributed by atoms with Crippen LogP contribution in [0.4, 0.5) is 0 Å². The molecule has 2 heterocycles. The minimum Gasteiger partial charge on any atom is -0.504 e. The number of rotatable bonds is 7. The Hall–Kier alpha value is -1.79. The van der Waals surface area contributed by atoms with Crippen LogP contribution >= 0.6 is 0 Å². The molecular weight excluding hydrogens is 416 g/mol. The summed E-state index contributed by atoms with van der Waals surface area (Å²) >= 11 is 0. The first kappa shape index (κ1) is 21.7. The Bertz CT molecular complexity index is 962. The zero-order valence-electron chi connectivity index (χ0n) is 20.1. The van der Waals surface area contributed by atoms with Gasteiger partial charge >= 0.3 is 0 Å². The monoisotopic (exact) mass is 454 g/mol. The van der Waals surface area contributed by atoms with Gasteiger partial charge in [0, 0.05) is 31.6 Å². The number of hydrogen-bond acceptors (Lipinski definition) is 5. The largest absolute Gasteiger partial charge is 0.504 e. The Kier molecular flexibility index (Phi) is 5.01. The molecule has 3 aliphatic carbocycles. The second-order valence-corrected chi connectivity index (χ2v) is 11.4. The second kappa shape index (κ2) is 7.61. The van der Waals surface area contributed by atoms with E-state index < -0.39 is 11.0 Å². The third-order valence-corrected chi connectivity index (χ3v) is 9.62. The maximum absolute atomic E-state index is 13.1. The number of unbranched alkanes of at least 4 members (excludes halogenated alkanes) is 2. The lowest BCUT2D eigenvalue weighted by Gasteiger charge is -2.64. The van der Waals surface area contributed by atoms with Gasteiger partial charge in [0.1, 0.15) is 6.10 Å². The average molecular weight is 455 g/mol. The van der Waals surface area contributed by atoms with Crippen LogP contribution in [-0.2, 0) is 16.6 Å². The van der Waals surface area contributed by atoms with E-state index in [1.54, 1.807) is 6.07 Å². The number of aromatic hydroxyl groups is 1. The van der Waals surface area contributed by atoms with Crippen LogP contribution in [0.15, 0.2) is 12.1 Å². The van der Waals surface area contributed by atoms with Gasteiger partial charge in [-0.25, -0.2) is 0 Å². The molecule has 180 valence electrons. The van der Waals surface area contributed by atoms with Crippen LogP contribution < -0.4 is 4.74 Å². The molecule has 2 N–H and O–H groups in total. The number of hydrogen-bond donors (Lipinski definition) is 2. The van der Waals surface area contributed by atoms with Crippen molar-refractivity contribution in [1.29, 1.82) is 0 Å². The minimum atomic E-state index is -0.889. The SMILES string of the molecule is CCCCCC(=O)N(C)[C@H]1CC[C@@]2(O)[C@@H]3Cc4ccc(O)c5c4[C@@]2(CCN3CC2CC2)[C@H]1O5. The quantitative estimate of drug-likeness (QED) is 0.618. The molecule has 2 aliphatic heterocycles. The first-order chi connectivity index (χ1) is 15.9. The molecular formula is C27H38N2O4. The Morgan fingerprint density at radius 3 is 2.82 bits per heavy atom. The predicted molar refractivity (Wildman–Crippen MR) is 125 cm³/mol. The van der Waals surface area contributed by atoms with Gasteiger partial charge in [0.05, 0.1) is 17.1 Å². The Morgan fingerprint density at radius 2 is 2.06 bits per heavy atom. The molecule has 3 fully saturated rings. The van der Waals surface area contributed by atoms with E-state index in [2.05, 4.69) is 11.8 Å². The molecule has 1 spiro atoms. The molecule has 2 bridgehead atoms. The van der Waals surface area contributed by atoms with Gasteiger partial charge in [-0.2, -0.15) is 0 Å². The number of phenols is 1. The van der Waals surface area contributed by atoms with Crippen LogP contribution in [0, 0.1) is 5.92 Å². The van der Waals surface area contributed by atoms with E-state index in [1.807, 2.05) is 18.0 Å². The van der Waals surface area contributed by atoms with Crippen molar-refractivity contribution >= 4 is 5.91 Å². The summed E-state index contributed by atoms with van der Waals surface area (Å²) in [6.45, 7) is 4.17. The fourth-order valence-electron chi connectivity index (χ4n) is 7.74. The van der Waals surface area contributed by atoms with E-state index in [-0.39, 0.29) is 29.8 Å². The summed E-state index contributed by atoms with van der Waals surface area (Å²) in [6, 6.07) is 3.78. The van der Waals surface area contributed by atoms with Crippen molar-refractivity contribution in [2.45, 2.75) is 100 Å². The molecule has 2 saturated carbocycles. The van der Waals surface area contributed by atoms with Crippen molar-refractivity contribution in [2.75, 3.05) is 20.1 Å². The highest BCUT2D eigenvalue weighted by molar-refractivity contribution is 5.76. The molecule has 5 aliphatic rings. The van der Waals surface area contributed by atoms with Gasteiger partial charge in [0.25, 0.3) is 0 Å². The number of nitrogens with zero attached hydrogens (tertiary/aromatic N) is 2. The molecule has 1 amide bonds. The Morgan fingerprint density at radius 1 is 1.24 bits per heavy atom. The number of likely N-dealkylation sites (tertiary alicyclic amines) is 1. The van der Waals surface area contributed by atoms with Crippen LogP contribution in [0.1, 0.15) is 75.8 Å². The number of carbonyl (C=O) groups is 1. The van der Waals surface area contributed by atoms with E-state index in [0.717, 1.165) is 63.1 Å². The van der Waals surface area contributed by atoms with Gasteiger partial charge in [0.15, 0.2) is 11.5 Å². The lowest BCUT2D eigenvalue weighted by Crippen LogP contribution is -2.78. The number of amides is 1. The van der Waals surface area contributed by atoms with Gasteiger partial charge in [-0.3, -0.25) is 9.69 Å². The molecule has 0 radical (unpaired) electrons. The number of piperidine rings is 1. The molecule has 6 rings (SSSR count).